The lowest BCUT2D eigenvalue weighted by Gasteiger charge is -2.10. The average molecular weight is 292 g/mol. The van der Waals surface area contributed by atoms with Gasteiger partial charge in [0, 0.05) is 11.3 Å². The Morgan fingerprint density at radius 3 is 2.90 bits per heavy atom. The number of ether oxygens (including phenoxy) is 2. The fraction of sp³-hybridized carbons (Fsp3) is 0.529. The van der Waals surface area contributed by atoms with E-state index < -0.39 is 0 Å². The molecular weight excluding hydrogens is 268 g/mol. The summed E-state index contributed by atoms with van der Waals surface area (Å²) in [6, 6.07) is 10.1. The average Bonchev–Trinajstić information content (AvgIpc) is 2.96. The van der Waals surface area contributed by atoms with Crippen molar-refractivity contribution in [1.82, 2.24) is 0 Å². The van der Waals surface area contributed by atoms with E-state index in [0.717, 1.165) is 11.3 Å². The Morgan fingerprint density at radius 2 is 2.10 bits per heavy atom. The third kappa shape index (κ3) is 5.31. The Balaban J connectivity index is 1.62. The van der Waals surface area contributed by atoms with Gasteiger partial charge in [0.15, 0.2) is 6.29 Å². The Hall–Kier alpha value is -0.770. The van der Waals surface area contributed by atoms with Crippen LogP contribution in [-0.2, 0) is 9.47 Å². The minimum absolute atomic E-state index is 0.185. The van der Waals surface area contributed by atoms with Gasteiger partial charge in [0.1, 0.15) is 0 Å². The highest BCUT2D eigenvalue weighted by atomic mass is 32.2. The van der Waals surface area contributed by atoms with Crippen LogP contribution in [0.4, 0.5) is 0 Å². The Bertz CT molecular complexity index is 391. The van der Waals surface area contributed by atoms with Gasteiger partial charge in [0.2, 0.25) is 0 Å². The van der Waals surface area contributed by atoms with Crippen LogP contribution in [0.15, 0.2) is 41.8 Å². The normalized spacial score (nSPS) is 22.6. The van der Waals surface area contributed by atoms with Crippen LogP contribution in [0, 0.1) is 0 Å². The van der Waals surface area contributed by atoms with Crippen molar-refractivity contribution in [3.05, 3.63) is 47.4 Å². The first-order valence-corrected chi connectivity index (χ1v) is 8.53. The number of benzene rings is 1. The summed E-state index contributed by atoms with van der Waals surface area (Å²) in [5, 5.41) is 2.20. The molecule has 2 rings (SSSR count). The van der Waals surface area contributed by atoms with E-state index in [4.69, 9.17) is 9.47 Å². The van der Waals surface area contributed by atoms with Gasteiger partial charge in [-0.3, -0.25) is 0 Å². The van der Waals surface area contributed by atoms with Gasteiger partial charge in [-0.05, 0) is 18.2 Å². The minimum atomic E-state index is -0.185. The summed E-state index contributed by atoms with van der Waals surface area (Å²) in [5.74, 6) is 0.966. The van der Waals surface area contributed by atoms with Gasteiger partial charge in [-0.25, -0.2) is 0 Å². The van der Waals surface area contributed by atoms with Gasteiger partial charge in [0.25, 0.3) is 0 Å². The van der Waals surface area contributed by atoms with Crippen LogP contribution in [0.2, 0.25) is 0 Å². The van der Waals surface area contributed by atoms with E-state index in [-0.39, 0.29) is 12.4 Å². The Labute approximate surface area is 126 Å². The standard InChI is InChI=1S/C17H24O2S/c1-2-3-4-5-9-12-20-14-16-13-18-17(19-16)15-10-7-6-8-11-15/h6-12,16-17H,2-5,13-14H2,1H3/b12-9+. The summed E-state index contributed by atoms with van der Waals surface area (Å²) in [7, 11) is 0. The molecule has 0 N–H and O–H groups in total. The number of unbranched alkanes of at least 4 members (excludes halogenated alkanes) is 3. The van der Waals surface area contributed by atoms with Crippen molar-refractivity contribution in [1.29, 1.82) is 0 Å². The highest BCUT2D eigenvalue weighted by molar-refractivity contribution is 8.02. The zero-order valence-corrected chi connectivity index (χ0v) is 13.0. The van der Waals surface area contributed by atoms with Crippen LogP contribution in [0.5, 0.6) is 0 Å². The van der Waals surface area contributed by atoms with Gasteiger partial charge < -0.3 is 9.47 Å². The van der Waals surface area contributed by atoms with Crippen LogP contribution in [0.3, 0.4) is 0 Å². The van der Waals surface area contributed by atoms with Crippen LogP contribution >= 0.6 is 11.8 Å². The molecule has 0 spiro atoms. The lowest BCUT2D eigenvalue weighted by Crippen LogP contribution is -2.12. The monoisotopic (exact) mass is 292 g/mol. The van der Waals surface area contributed by atoms with E-state index in [1.807, 2.05) is 42.1 Å². The summed E-state index contributed by atoms with van der Waals surface area (Å²) in [6.45, 7) is 2.93. The van der Waals surface area contributed by atoms with E-state index in [2.05, 4.69) is 18.4 Å². The molecule has 1 aromatic rings. The summed E-state index contributed by atoms with van der Waals surface area (Å²) in [6.07, 6.45) is 7.39. The van der Waals surface area contributed by atoms with Crippen LogP contribution < -0.4 is 0 Å². The number of rotatable bonds is 8. The first-order chi connectivity index (χ1) is 9.90. The molecule has 0 aromatic heterocycles. The number of hydrogen-bond acceptors (Lipinski definition) is 3. The molecule has 3 heteroatoms. The maximum atomic E-state index is 5.92. The van der Waals surface area contributed by atoms with Crippen molar-refractivity contribution >= 4 is 11.8 Å². The number of thioether (sulfide) groups is 1. The van der Waals surface area contributed by atoms with E-state index >= 15 is 0 Å². The molecule has 0 saturated carbocycles. The van der Waals surface area contributed by atoms with Crippen LogP contribution in [0.25, 0.3) is 0 Å². The zero-order chi connectivity index (χ0) is 14.0. The predicted octanol–water partition coefficient (Wildman–Crippen LogP) is 4.93. The van der Waals surface area contributed by atoms with Crippen LogP contribution in [-0.4, -0.2) is 18.5 Å². The highest BCUT2D eigenvalue weighted by Crippen LogP contribution is 2.28. The summed E-state index contributed by atoms with van der Waals surface area (Å²) in [5.41, 5.74) is 1.11. The summed E-state index contributed by atoms with van der Waals surface area (Å²) in [4.78, 5) is 0. The third-order valence-electron chi connectivity index (χ3n) is 3.27. The second-order valence-electron chi connectivity index (χ2n) is 5.03. The molecular formula is C17H24O2S. The van der Waals surface area contributed by atoms with Crippen LogP contribution in [0.1, 0.15) is 44.5 Å². The topological polar surface area (TPSA) is 18.5 Å². The predicted molar refractivity (Wildman–Crippen MR) is 85.7 cm³/mol. The third-order valence-corrected chi connectivity index (χ3v) is 4.22. The van der Waals surface area contributed by atoms with Crippen molar-refractivity contribution in [2.45, 2.75) is 45.0 Å². The van der Waals surface area contributed by atoms with Crippen molar-refractivity contribution in [2.75, 3.05) is 12.4 Å². The Kier molecular flexibility index (Phi) is 7.20. The van der Waals surface area contributed by atoms with E-state index in [1.165, 1.54) is 25.7 Å². The van der Waals surface area contributed by atoms with Gasteiger partial charge >= 0.3 is 0 Å². The molecule has 1 saturated heterocycles. The number of hydrogen-bond donors (Lipinski definition) is 0. The zero-order valence-electron chi connectivity index (χ0n) is 12.2. The van der Waals surface area contributed by atoms with Crippen molar-refractivity contribution in [2.24, 2.45) is 0 Å². The van der Waals surface area contributed by atoms with E-state index in [0.29, 0.717) is 6.61 Å². The SMILES string of the molecule is CCCCC/C=C/SCC1COC(c2ccccc2)O1. The molecule has 0 amide bonds. The molecule has 0 bridgehead atoms. The van der Waals surface area contributed by atoms with Crippen molar-refractivity contribution in [3.8, 4) is 0 Å². The largest absolute Gasteiger partial charge is 0.346 e. The molecule has 1 heterocycles. The molecule has 2 nitrogen and oxygen atoms in total. The minimum Gasteiger partial charge on any atom is -0.346 e. The first-order valence-electron chi connectivity index (χ1n) is 7.48. The molecule has 1 aliphatic rings. The lowest BCUT2D eigenvalue weighted by molar-refractivity contribution is -0.0565. The smallest absolute Gasteiger partial charge is 0.184 e. The first kappa shape index (κ1) is 15.6. The molecule has 2 atom stereocenters. The number of allylic oxidation sites excluding steroid dienone is 1. The maximum Gasteiger partial charge on any atom is 0.184 e. The van der Waals surface area contributed by atoms with E-state index in [9.17, 15) is 0 Å². The molecule has 0 aliphatic carbocycles. The lowest BCUT2D eigenvalue weighted by atomic mass is 10.2. The second kappa shape index (κ2) is 9.22. The molecule has 0 radical (unpaired) electrons. The van der Waals surface area contributed by atoms with Gasteiger partial charge in [-0.15, -0.1) is 11.8 Å². The molecule has 20 heavy (non-hydrogen) atoms. The molecule has 2 unspecified atom stereocenters. The van der Waals surface area contributed by atoms with Gasteiger partial charge in [-0.1, -0.05) is 56.2 Å². The fourth-order valence-electron chi connectivity index (χ4n) is 2.13. The summed E-state index contributed by atoms with van der Waals surface area (Å²) >= 11 is 1.82. The molecule has 1 fully saturated rings. The quantitative estimate of drug-likeness (QED) is 0.633. The van der Waals surface area contributed by atoms with E-state index in [1.54, 1.807) is 0 Å². The van der Waals surface area contributed by atoms with Crippen molar-refractivity contribution < 1.29 is 9.47 Å². The van der Waals surface area contributed by atoms with Gasteiger partial charge in [0.05, 0.1) is 12.7 Å². The molecule has 1 aliphatic heterocycles. The van der Waals surface area contributed by atoms with Gasteiger partial charge in [-0.2, -0.15) is 0 Å². The second-order valence-corrected chi connectivity index (χ2v) is 5.97. The maximum absolute atomic E-state index is 5.92. The van der Waals surface area contributed by atoms with Crippen molar-refractivity contribution in [3.63, 3.8) is 0 Å². The highest BCUT2D eigenvalue weighted by Gasteiger charge is 2.26. The summed E-state index contributed by atoms with van der Waals surface area (Å²) < 4.78 is 11.6. The molecule has 110 valence electrons. The molecule has 1 aromatic carbocycles. The Morgan fingerprint density at radius 1 is 1.25 bits per heavy atom. The fourth-order valence-corrected chi connectivity index (χ4v) is 2.90.